The predicted octanol–water partition coefficient (Wildman–Crippen LogP) is 4.07. The molecule has 0 radical (unpaired) electrons. The van der Waals surface area contributed by atoms with Gasteiger partial charge in [0.1, 0.15) is 5.69 Å². The van der Waals surface area contributed by atoms with Gasteiger partial charge >= 0.3 is 5.97 Å². The first-order chi connectivity index (χ1) is 13.1. The molecule has 0 saturated carbocycles. The SMILES string of the molecule is CC[C@H](C)c1ccccc1NC(=O)COC(=O)Cc1noc2ccccc12. The van der Waals surface area contributed by atoms with Gasteiger partial charge in [0.25, 0.3) is 5.91 Å². The van der Waals surface area contributed by atoms with E-state index in [-0.39, 0.29) is 18.9 Å². The first kappa shape index (κ1) is 18.6. The highest BCUT2D eigenvalue weighted by Crippen LogP contribution is 2.26. The summed E-state index contributed by atoms with van der Waals surface area (Å²) in [5.74, 6) is -0.576. The van der Waals surface area contributed by atoms with E-state index in [9.17, 15) is 9.59 Å². The van der Waals surface area contributed by atoms with Crippen LogP contribution in [0, 0.1) is 0 Å². The van der Waals surface area contributed by atoms with Gasteiger partial charge < -0.3 is 14.6 Å². The number of hydrogen-bond donors (Lipinski definition) is 1. The molecule has 0 aliphatic rings. The molecular formula is C21H22N2O4. The number of anilines is 1. The minimum Gasteiger partial charge on any atom is -0.455 e. The zero-order chi connectivity index (χ0) is 19.2. The molecule has 0 aliphatic heterocycles. The van der Waals surface area contributed by atoms with Crippen LogP contribution < -0.4 is 5.32 Å². The number of fused-ring (bicyclic) bond motifs is 1. The maximum absolute atomic E-state index is 12.2. The molecule has 1 amide bonds. The average Bonchev–Trinajstić information content (AvgIpc) is 3.09. The van der Waals surface area contributed by atoms with Crippen molar-refractivity contribution in [3.63, 3.8) is 0 Å². The third-order valence-corrected chi connectivity index (χ3v) is 4.51. The van der Waals surface area contributed by atoms with Crippen LogP contribution in [0.1, 0.15) is 37.4 Å². The standard InChI is InChI=1S/C21H22N2O4/c1-3-14(2)15-8-4-6-10-17(15)22-20(24)13-26-21(25)12-18-16-9-5-7-11-19(16)27-23-18/h4-11,14H,3,12-13H2,1-2H3,(H,22,24)/t14-/m0/s1. The van der Waals surface area contributed by atoms with Gasteiger partial charge in [-0.25, -0.2) is 0 Å². The molecule has 1 N–H and O–H groups in total. The molecule has 1 aromatic heterocycles. The minimum absolute atomic E-state index is 0.0479. The Labute approximate surface area is 157 Å². The van der Waals surface area contributed by atoms with Gasteiger partial charge in [-0.2, -0.15) is 0 Å². The molecule has 1 atom stereocenters. The summed E-state index contributed by atoms with van der Waals surface area (Å²) in [7, 11) is 0. The van der Waals surface area contributed by atoms with E-state index < -0.39 is 5.97 Å². The number of aromatic nitrogens is 1. The van der Waals surface area contributed by atoms with Gasteiger partial charge in [-0.05, 0) is 36.1 Å². The summed E-state index contributed by atoms with van der Waals surface area (Å²) in [4.78, 5) is 24.2. The number of benzene rings is 2. The fourth-order valence-electron chi connectivity index (χ4n) is 2.85. The second-order valence-electron chi connectivity index (χ2n) is 6.41. The van der Waals surface area contributed by atoms with Crippen LogP contribution in [0.3, 0.4) is 0 Å². The highest BCUT2D eigenvalue weighted by molar-refractivity contribution is 5.94. The summed E-state index contributed by atoms with van der Waals surface area (Å²) in [5, 5.41) is 7.48. The minimum atomic E-state index is -0.528. The Kier molecular flexibility index (Phi) is 5.86. The van der Waals surface area contributed by atoms with E-state index in [4.69, 9.17) is 9.26 Å². The topological polar surface area (TPSA) is 81.4 Å². The van der Waals surface area contributed by atoms with Crippen molar-refractivity contribution in [2.45, 2.75) is 32.6 Å². The Morgan fingerprint density at radius 1 is 1.15 bits per heavy atom. The third-order valence-electron chi connectivity index (χ3n) is 4.51. The molecule has 0 fully saturated rings. The lowest BCUT2D eigenvalue weighted by Gasteiger charge is -2.15. The molecule has 0 saturated heterocycles. The van der Waals surface area contributed by atoms with Crippen molar-refractivity contribution in [2.24, 2.45) is 0 Å². The molecule has 27 heavy (non-hydrogen) atoms. The fraction of sp³-hybridized carbons (Fsp3) is 0.286. The molecule has 1 heterocycles. The van der Waals surface area contributed by atoms with Crippen LogP contribution in [0.15, 0.2) is 53.1 Å². The van der Waals surface area contributed by atoms with Crippen molar-refractivity contribution in [1.29, 1.82) is 0 Å². The van der Waals surface area contributed by atoms with Crippen LogP contribution in [0.2, 0.25) is 0 Å². The van der Waals surface area contributed by atoms with E-state index in [0.29, 0.717) is 17.2 Å². The maximum atomic E-state index is 12.2. The van der Waals surface area contributed by atoms with Gasteiger partial charge in [-0.15, -0.1) is 0 Å². The maximum Gasteiger partial charge on any atom is 0.312 e. The Hall–Kier alpha value is -3.15. The average molecular weight is 366 g/mol. The summed E-state index contributed by atoms with van der Waals surface area (Å²) < 4.78 is 10.3. The lowest BCUT2D eigenvalue weighted by atomic mass is 9.97. The lowest BCUT2D eigenvalue weighted by molar-refractivity contribution is -0.146. The smallest absolute Gasteiger partial charge is 0.312 e. The molecule has 0 unspecified atom stereocenters. The largest absolute Gasteiger partial charge is 0.455 e. The molecule has 3 aromatic rings. The van der Waals surface area contributed by atoms with Crippen LogP contribution >= 0.6 is 0 Å². The predicted molar refractivity (Wildman–Crippen MR) is 102 cm³/mol. The van der Waals surface area contributed by atoms with Crippen molar-refractivity contribution in [3.05, 3.63) is 59.8 Å². The van der Waals surface area contributed by atoms with E-state index in [2.05, 4.69) is 24.3 Å². The number of hydrogen-bond acceptors (Lipinski definition) is 5. The first-order valence-corrected chi connectivity index (χ1v) is 8.96. The van der Waals surface area contributed by atoms with Gasteiger partial charge in [0.05, 0.1) is 6.42 Å². The van der Waals surface area contributed by atoms with Gasteiger partial charge in [0.15, 0.2) is 12.2 Å². The second-order valence-corrected chi connectivity index (χ2v) is 6.41. The van der Waals surface area contributed by atoms with Crippen molar-refractivity contribution in [1.82, 2.24) is 5.16 Å². The Bertz CT molecular complexity index is 948. The molecule has 140 valence electrons. The van der Waals surface area contributed by atoms with E-state index in [0.717, 1.165) is 23.1 Å². The summed E-state index contributed by atoms with van der Waals surface area (Å²) >= 11 is 0. The van der Waals surface area contributed by atoms with E-state index in [1.54, 1.807) is 6.07 Å². The number of nitrogens with one attached hydrogen (secondary N) is 1. The van der Waals surface area contributed by atoms with Crippen LogP contribution in [-0.4, -0.2) is 23.6 Å². The van der Waals surface area contributed by atoms with Crippen molar-refractivity contribution in [2.75, 3.05) is 11.9 Å². The monoisotopic (exact) mass is 366 g/mol. The summed E-state index contributed by atoms with van der Waals surface area (Å²) in [6, 6.07) is 14.9. The van der Waals surface area contributed by atoms with Crippen molar-refractivity contribution in [3.8, 4) is 0 Å². The van der Waals surface area contributed by atoms with E-state index >= 15 is 0 Å². The van der Waals surface area contributed by atoms with Crippen molar-refractivity contribution >= 4 is 28.5 Å². The molecule has 3 rings (SSSR count). The normalized spacial score (nSPS) is 11.9. The quantitative estimate of drug-likeness (QED) is 0.638. The molecule has 0 spiro atoms. The number of carbonyl (C=O) groups is 2. The zero-order valence-electron chi connectivity index (χ0n) is 15.4. The van der Waals surface area contributed by atoms with Gasteiger partial charge in [0, 0.05) is 11.1 Å². The van der Waals surface area contributed by atoms with Crippen molar-refractivity contribution < 1.29 is 18.8 Å². The summed E-state index contributed by atoms with van der Waals surface area (Å²) in [5.41, 5.74) is 2.92. The molecule has 6 heteroatoms. The fourth-order valence-corrected chi connectivity index (χ4v) is 2.85. The number of esters is 1. The van der Waals surface area contributed by atoms with E-state index in [1.165, 1.54) is 0 Å². The molecule has 2 aromatic carbocycles. The molecule has 0 bridgehead atoms. The number of amides is 1. The van der Waals surface area contributed by atoms with E-state index in [1.807, 2.05) is 42.5 Å². The molecule has 6 nitrogen and oxygen atoms in total. The molecule has 0 aliphatic carbocycles. The molecular weight excluding hydrogens is 344 g/mol. The number of ether oxygens (including phenoxy) is 1. The van der Waals surface area contributed by atoms with Crippen LogP contribution in [-0.2, 0) is 20.7 Å². The summed E-state index contributed by atoms with van der Waals surface area (Å²) in [6.45, 7) is 3.86. The van der Waals surface area contributed by atoms with Crippen LogP contribution in [0.4, 0.5) is 5.69 Å². The number of nitrogens with zero attached hydrogens (tertiary/aromatic N) is 1. The van der Waals surface area contributed by atoms with Gasteiger partial charge in [-0.1, -0.05) is 49.3 Å². The lowest BCUT2D eigenvalue weighted by Crippen LogP contribution is -2.22. The Balaban J connectivity index is 1.56. The number of para-hydroxylation sites is 2. The summed E-state index contributed by atoms with van der Waals surface area (Å²) in [6.07, 6.45) is 0.918. The Morgan fingerprint density at radius 3 is 2.70 bits per heavy atom. The Morgan fingerprint density at radius 2 is 1.89 bits per heavy atom. The zero-order valence-corrected chi connectivity index (χ0v) is 15.4. The van der Waals surface area contributed by atoms with Gasteiger partial charge in [-0.3, -0.25) is 9.59 Å². The number of rotatable bonds is 7. The van der Waals surface area contributed by atoms with Crippen LogP contribution in [0.25, 0.3) is 11.0 Å². The highest BCUT2D eigenvalue weighted by atomic mass is 16.5. The second kappa shape index (κ2) is 8.49. The highest BCUT2D eigenvalue weighted by Gasteiger charge is 2.15. The van der Waals surface area contributed by atoms with Gasteiger partial charge in [0.2, 0.25) is 0 Å². The van der Waals surface area contributed by atoms with Crippen LogP contribution in [0.5, 0.6) is 0 Å². The third kappa shape index (κ3) is 4.53. The number of carbonyl (C=O) groups excluding carboxylic acids is 2. The first-order valence-electron chi connectivity index (χ1n) is 8.96.